The molecule has 1 aliphatic carbocycles. The predicted molar refractivity (Wildman–Crippen MR) is 62.1 cm³/mol. The van der Waals surface area contributed by atoms with Gasteiger partial charge in [-0.1, -0.05) is 0 Å². The third-order valence-electron chi connectivity index (χ3n) is 4.30. The number of amides is 1. The molecule has 0 bridgehead atoms. The van der Waals surface area contributed by atoms with E-state index >= 15 is 0 Å². The second-order valence-electron chi connectivity index (χ2n) is 5.57. The molecule has 16 heavy (non-hydrogen) atoms. The lowest BCUT2D eigenvalue weighted by Gasteiger charge is -2.20. The van der Waals surface area contributed by atoms with E-state index in [1.54, 1.807) is 7.05 Å². The zero-order valence-corrected chi connectivity index (χ0v) is 9.98. The van der Waals surface area contributed by atoms with Crippen molar-refractivity contribution in [2.45, 2.75) is 18.9 Å². The Morgan fingerprint density at radius 2 is 1.81 bits per heavy atom. The quantitative estimate of drug-likeness (QED) is 0.717. The number of nitrogens with one attached hydrogen (secondary N) is 1. The Kier molecular flexibility index (Phi) is 2.64. The van der Waals surface area contributed by atoms with Crippen LogP contribution < -0.4 is 5.32 Å². The third kappa shape index (κ3) is 1.96. The Labute approximate surface area is 97.0 Å². The zero-order valence-electron chi connectivity index (χ0n) is 9.98. The molecule has 3 rings (SSSR count). The standard InChI is InChI=1S/C12H21N3O/c1-13-12(16)8-14-4-9-6-15(11-2-3-11)7-10(9)5-14/h9-11H,2-8H2,1H3,(H,13,16). The van der Waals surface area contributed by atoms with Crippen LogP contribution in [0.15, 0.2) is 0 Å². The summed E-state index contributed by atoms with van der Waals surface area (Å²) in [5, 5.41) is 2.70. The van der Waals surface area contributed by atoms with Crippen LogP contribution in [-0.4, -0.2) is 61.5 Å². The number of likely N-dealkylation sites (N-methyl/N-ethyl adjacent to an activating group) is 1. The molecule has 3 fully saturated rings. The van der Waals surface area contributed by atoms with Gasteiger partial charge in [0.1, 0.15) is 0 Å². The molecular weight excluding hydrogens is 202 g/mol. The predicted octanol–water partition coefficient (Wildman–Crippen LogP) is -0.242. The maximum atomic E-state index is 11.3. The molecule has 0 spiro atoms. The molecule has 3 aliphatic rings. The second-order valence-corrected chi connectivity index (χ2v) is 5.57. The SMILES string of the molecule is CNC(=O)CN1CC2CN(C3CC3)CC2C1. The van der Waals surface area contributed by atoms with Gasteiger partial charge in [0.25, 0.3) is 0 Å². The molecular formula is C12H21N3O. The van der Waals surface area contributed by atoms with Gasteiger partial charge in [-0.05, 0) is 24.7 Å². The van der Waals surface area contributed by atoms with Crippen molar-refractivity contribution in [1.29, 1.82) is 0 Å². The van der Waals surface area contributed by atoms with Crippen LogP contribution in [0.1, 0.15) is 12.8 Å². The van der Waals surface area contributed by atoms with Crippen LogP contribution >= 0.6 is 0 Å². The number of likely N-dealkylation sites (tertiary alicyclic amines) is 2. The molecule has 0 radical (unpaired) electrons. The highest BCUT2D eigenvalue weighted by Crippen LogP contribution is 2.37. The fourth-order valence-electron chi connectivity index (χ4n) is 3.28. The van der Waals surface area contributed by atoms with E-state index in [1.165, 1.54) is 25.9 Å². The highest BCUT2D eigenvalue weighted by atomic mass is 16.1. The van der Waals surface area contributed by atoms with Gasteiger partial charge in [-0.25, -0.2) is 0 Å². The number of carbonyl (C=O) groups is 1. The molecule has 2 saturated heterocycles. The Morgan fingerprint density at radius 3 is 2.31 bits per heavy atom. The van der Waals surface area contributed by atoms with Crippen LogP contribution in [-0.2, 0) is 4.79 Å². The minimum absolute atomic E-state index is 0.152. The van der Waals surface area contributed by atoms with Gasteiger partial charge in [-0.2, -0.15) is 0 Å². The van der Waals surface area contributed by atoms with E-state index in [9.17, 15) is 4.79 Å². The average molecular weight is 223 g/mol. The van der Waals surface area contributed by atoms with Crippen molar-refractivity contribution >= 4 is 5.91 Å². The first-order valence-corrected chi connectivity index (χ1v) is 6.43. The summed E-state index contributed by atoms with van der Waals surface area (Å²) in [5.74, 6) is 1.80. The van der Waals surface area contributed by atoms with Crippen molar-refractivity contribution in [3.05, 3.63) is 0 Å². The Bertz CT molecular complexity index is 276. The molecule has 90 valence electrons. The van der Waals surface area contributed by atoms with E-state index in [2.05, 4.69) is 15.1 Å². The maximum Gasteiger partial charge on any atom is 0.233 e. The largest absolute Gasteiger partial charge is 0.358 e. The van der Waals surface area contributed by atoms with Gasteiger partial charge in [0.15, 0.2) is 0 Å². The summed E-state index contributed by atoms with van der Waals surface area (Å²) in [5.41, 5.74) is 0. The molecule has 2 atom stereocenters. The molecule has 4 nitrogen and oxygen atoms in total. The van der Waals surface area contributed by atoms with Crippen LogP contribution in [0.25, 0.3) is 0 Å². The number of hydrogen-bond acceptors (Lipinski definition) is 3. The summed E-state index contributed by atoms with van der Waals surface area (Å²) >= 11 is 0. The summed E-state index contributed by atoms with van der Waals surface area (Å²) in [6, 6.07) is 0.915. The van der Waals surface area contributed by atoms with Crippen molar-refractivity contribution < 1.29 is 4.79 Å². The molecule has 1 saturated carbocycles. The number of rotatable bonds is 3. The fourth-order valence-corrected chi connectivity index (χ4v) is 3.28. The number of fused-ring (bicyclic) bond motifs is 1. The number of nitrogens with zero attached hydrogens (tertiary/aromatic N) is 2. The monoisotopic (exact) mass is 223 g/mol. The fraction of sp³-hybridized carbons (Fsp3) is 0.917. The zero-order chi connectivity index (χ0) is 11.1. The van der Waals surface area contributed by atoms with Gasteiger partial charge in [-0.3, -0.25) is 14.6 Å². The summed E-state index contributed by atoms with van der Waals surface area (Å²) in [6.45, 7) is 5.40. The van der Waals surface area contributed by atoms with Gasteiger partial charge in [0.05, 0.1) is 6.54 Å². The first-order chi connectivity index (χ1) is 7.76. The summed E-state index contributed by atoms with van der Waals surface area (Å²) in [7, 11) is 1.72. The van der Waals surface area contributed by atoms with Crippen molar-refractivity contribution in [3.8, 4) is 0 Å². The topological polar surface area (TPSA) is 35.6 Å². The van der Waals surface area contributed by atoms with E-state index in [0.29, 0.717) is 6.54 Å². The Balaban J connectivity index is 1.50. The normalized spacial score (nSPS) is 35.3. The van der Waals surface area contributed by atoms with E-state index < -0.39 is 0 Å². The van der Waals surface area contributed by atoms with E-state index in [4.69, 9.17) is 0 Å². The van der Waals surface area contributed by atoms with Crippen LogP contribution in [0.3, 0.4) is 0 Å². The number of hydrogen-bond donors (Lipinski definition) is 1. The van der Waals surface area contributed by atoms with Crippen LogP contribution in [0.2, 0.25) is 0 Å². The average Bonchev–Trinajstić information content (AvgIpc) is 2.93. The highest BCUT2D eigenvalue weighted by molar-refractivity contribution is 5.77. The van der Waals surface area contributed by atoms with E-state index in [1.807, 2.05) is 0 Å². The van der Waals surface area contributed by atoms with Gasteiger partial charge in [0.2, 0.25) is 5.91 Å². The van der Waals surface area contributed by atoms with Crippen LogP contribution in [0, 0.1) is 11.8 Å². The Hall–Kier alpha value is -0.610. The maximum absolute atomic E-state index is 11.3. The van der Waals surface area contributed by atoms with Crippen molar-refractivity contribution in [3.63, 3.8) is 0 Å². The van der Waals surface area contributed by atoms with E-state index in [0.717, 1.165) is 31.0 Å². The highest BCUT2D eigenvalue weighted by Gasteiger charge is 2.44. The smallest absolute Gasteiger partial charge is 0.233 e. The van der Waals surface area contributed by atoms with Crippen molar-refractivity contribution in [2.75, 3.05) is 39.8 Å². The summed E-state index contributed by atoms with van der Waals surface area (Å²) in [4.78, 5) is 16.3. The first-order valence-electron chi connectivity index (χ1n) is 6.43. The lowest BCUT2D eigenvalue weighted by molar-refractivity contribution is -0.121. The molecule has 0 aromatic rings. The molecule has 2 heterocycles. The van der Waals surface area contributed by atoms with Crippen molar-refractivity contribution in [1.82, 2.24) is 15.1 Å². The minimum atomic E-state index is 0.152. The third-order valence-corrected chi connectivity index (χ3v) is 4.30. The first kappa shape index (κ1) is 10.5. The molecule has 1 amide bonds. The molecule has 4 heteroatoms. The molecule has 2 unspecified atom stereocenters. The summed E-state index contributed by atoms with van der Waals surface area (Å²) < 4.78 is 0. The van der Waals surface area contributed by atoms with Gasteiger partial charge < -0.3 is 5.32 Å². The van der Waals surface area contributed by atoms with Gasteiger partial charge in [-0.15, -0.1) is 0 Å². The number of carbonyl (C=O) groups excluding carboxylic acids is 1. The second kappa shape index (κ2) is 4.00. The van der Waals surface area contributed by atoms with Gasteiger partial charge in [0, 0.05) is 39.3 Å². The molecule has 0 aromatic heterocycles. The molecule has 2 aliphatic heterocycles. The molecule has 0 aromatic carbocycles. The minimum Gasteiger partial charge on any atom is -0.358 e. The Morgan fingerprint density at radius 1 is 1.19 bits per heavy atom. The van der Waals surface area contributed by atoms with Crippen LogP contribution in [0.5, 0.6) is 0 Å². The van der Waals surface area contributed by atoms with Crippen LogP contribution in [0.4, 0.5) is 0 Å². The van der Waals surface area contributed by atoms with Crippen molar-refractivity contribution in [2.24, 2.45) is 11.8 Å². The lowest BCUT2D eigenvalue weighted by atomic mass is 10.0. The van der Waals surface area contributed by atoms with E-state index in [-0.39, 0.29) is 5.91 Å². The lowest BCUT2D eigenvalue weighted by Crippen LogP contribution is -2.36. The summed E-state index contributed by atoms with van der Waals surface area (Å²) in [6.07, 6.45) is 2.84. The van der Waals surface area contributed by atoms with Gasteiger partial charge >= 0.3 is 0 Å². The molecule has 1 N–H and O–H groups in total.